The number of carbonyl (C=O) groups excluding carboxylic acids is 5. The molecule has 1 aromatic carbocycles. The molecule has 13 nitrogen and oxygen atoms in total. The SMILES string of the molecule is CCCCCCOC(=O)Oc1c(OC)ccnc1C(=O)N[C@H]1COC(=O)[C@H](Cc2ccccc2)[C@@H](OC(=O)C(C)C)[C@H](C)OC1=O. The number of rotatable bonds is 13. The Morgan fingerprint density at radius 1 is 1.04 bits per heavy atom. The van der Waals surface area contributed by atoms with E-state index in [4.69, 9.17) is 28.4 Å². The summed E-state index contributed by atoms with van der Waals surface area (Å²) in [4.78, 5) is 69.2. The molecular weight excluding hydrogens is 600 g/mol. The second kappa shape index (κ2) is 17.7. The van der Waals surface area contributed by atoms with Crippen LogP contribution in [0.4, 0.5) is 4.79 Å². The van der Waals surface area contributed by atoms with E-state index in [1.54, 1.807) is 26.0 Å². The molecular formula is C33H42N2O11. The van der Waals surface area contributed by atoms with Gasteiger partial charge in [-0.25, -0.2) is 14.6 Å². The minimum Gasteiger partial charge on any atom is -0.493 e. The molecule has 0 radical (unpaired) electrons. The van der Waals surface area contributed by atoms with E-state index in [2.05, 4.69) is 17.2 Å². The van der Waals surface area contributed by atoms with Crippen LogP contribution in [0.2, 0.25) is 0 Å². The topological polar surface area (TPSA) is 166 Å². The molecule has 1 saturated heterocycles. The molecule has 1 aliphatic heterocycles. The van der Waals surface area contributed by atoms with Crippen molar-refractivity contribution in [1.82, 2.24) is 10.3 Å². The maximum absolute atomic E-state index is 13.4. The van der Waals surface area contributed by atoms with Crippen molar-refractivity contribution in [3.63, 3.8) is 0 Å². The Hall–Kier alpha value is -4.68. The van der Waals surface area contributed by atoms with Gasteiger partial charge in [-0.1, -0.05) is 70.4 Å². The number of aromatic nitrogens is 1. The average Bonchev–Trinajstić information content (AvgIpc) is 3.07. The van der Waals surface area contributed by atoms with Gasteiger partial charge in [0, 0.05) is 12.3 Å². The highest BCUT2D eigenvalue weighted by molar-refractivity contribution is 5.98. The number of amides is 1. The van der Waals surface area contributed by atoms with Gasteiger partial charge >= 0.3 is 24.1 Å². The van der Waals surface area contributed by atoms with E-state index in [0.717, 1.165) is 24.8 Å². The molecule has 1 aromatic heterocycles. The average molecular weight is 643 g/mol. The van der Waals surface area contributed by atoms with Gasteiger partial charge in [0.1, 0.15) is 18.6 Å². The Morgan fingerprint density at radius 3 is 2.46 bits per heavy atom. The lowest BCUT2D eigenvalue weighted by Gasteiger charge is -2.29. The van der Waals surface area contributed by atoms with Gasteiger partial charge in [0.2, 0.25) is 5.75 Å². The molecule has 2 heterocycles. The summed E-state index contributed by atoms with van der Waals surface area (Å²) in [6.45, 7) is 6.37. The van der Waals surface area contributed by atoms with Crippen LogP contribution in [-0.4, -0.2) is 73.5 Å². The highest BCUT2D eigenvalue weighted by Gasteiger charge is 2.42. The molecule has 2 aromatic rings. The normalized spacial score (nSPS) is 19.9. The van der Waals surface area contributed by atoms with Gasteiger partial charge in [-0.3, -0.25) is 14.4 Å². The van der Waals surface area contributed by atoms with Crippen LogP contribution in [0.1, 0.15) is 69.4 Å². The Morgan fingerprint density at radius 2 is 1.78 bits per heavy atom. The van der Waals surface area contributed by atoms with Gasteiger partial charge in [0.15, 0.2) is 23.6 Å². The molecule has 3 rings (SSSR count). The van der Waals surface area contributed by atoms with Gasteiger partial charge in [-0.2, -0.15) is 0 Å². The first-order valence-corrected chi connectivity index (χ1v) is 15.4. The van der Waals surface area contributed by atoms with Crippen LogP contribution in [0.3, 0.4) is 0 Å². The predicted molar refractivity (Wildman–Crippen MR) is 163 cm³/mol. The smallest absolute Gasteiger partial charge is 0.493 e. The van der Waals surface area contributed by atoms with Crippen LogP contribution >= 0.6 is 0 Å². The third-order valence-corrected chi connectivity index (χ3v) is 7.17. The second-order valence-corrected chi connectivity index (χ2v) is 11.1. The van der Waals surface area contributed by atoms with Crippen molar-refractivity contribution in [1.29, 1.82) is 0 Å². The fraction of sp³-hybridized carbons (Fsp3) is 0.515. The minimum atomic E-state index is -1.48. The van der Waals surface area contributed by atoms with Crippen molar-refractivity contribution >= 4 is 30.0 Å². The summed E-state index contributed by atoms with van der Waals surface area (Å²) in [7, 11) is 1.31. The molecule has 0 aliphatic carbocycles. The third-order valence-electron chi connectivity index (χ3n) is 7.17. The molecule has 0 unspecified atom stereocenters. The van der Waals surface area contributed by atoms with Crippen molar-refractivity contribution in [2.24, 2.45) is 11.8 Å². The number of benzene rings is 1. The first kappa shape index (κ1) is 35.8. The summed E-state index contributed by atoms with van der Waals surface area (Å²) in [6.07, 6.45) is 1.60. The zero-order valence-electron chi connectivity index (χ0n) is 26.8. The zero-order valence-corrected chi connectivity index (χ0v) is 26.8. The number of methoxy groups -OCH3 is 1. The first-order valence-electron chi connectivity index (χ1n) is 15.4. The van der Waals surface area contributed by atoms with Crippen LogP contribution in [-0.2, 0) is 39.8 Å². The van der Waals surface area contributed by atoms with Gasteiger partial charge in [-0.15, -0.1) is 0 Å². The number of carbonyl (C=O) groups is 5. The van der Waals surface area contributed by atoms with Crippen molar-refractivity contribution in [3.05, 3.63) is 53.9 Å². The minimum absolute atomic E-state index is 0.0127. The highest BCUT2D eigenvalue weighted by Crippen LogP contribution is 2.30. The van der Waals surface area contributed by atoms with Gasteiger partial charge in [-0.05, 0) is 25.3 Å². The van der Waals surface area contributed by atoms with Crippen LogP contribution in [0.5, 0.6) is 11.5 Å². The molecule has 46 heavy (non-hydrogen) atoms. The van der Waals surface area contributed by atoms with Gasteiger partial charge in [0.25, 0.3) is 5.91 Å². The summed E-state index contributed by atoms with van der Waals surface area (Å²) >= 11 is 0. The quantitative estimate of drug-likeness (QED) is 0.188. The van der Waals surface area contributed by atoms with E-state index in [0.29, 0.717) is 6.42 Å². The van der Waals surface area contributed by atoms with Crippen LogP contribution in [0, 0.1) is 11.8 Å². The molecule has 0 bridgehead atoms. The number of pyridine rings is 1. The third kappa shape index (κ3) is 10.2. The van der Waals surface area contributed by atoms with E-state index < -0.39 is 66.7 Å². The van der Waals surface area contributed by atoms with Crippen LogP contribution in [0.25, 0.3) is 0 Å². The highest BCUT2D eigenvalue weighted by atomic mass is 16.7. The number of ether oxygens (including phenoxy) is 6. The maximum atomic E-state index is 13.4. The molecule has 250 valence electrons. The summed E-state index contributed by atoms with van der Waals surface area (Å²) < 4.78 is 32.5. The van der Waals surface area contributed by atoms with E-state index in [1.165, 1.54) is 26.3 Å². The lowest BCUT2D eigenvalue weighted by atomic mass is 9.91. The zero-order chi connectivity index (χ0) is 33.6. The van der Waals surface area contributed by atoms with E-state index >= 15 is 0 Å². The lowest BCUT2D eigenvalue weighted by molar-refractivity contribution is -0.176. The van der Waals surface area contributed by atoms with Gasteiger partial charge in [0.05, 0.1) is 19.6 Å². The largest absolute Gasteiger partial charge is 0.514 e. The van der Waals surface area contributed by atoms with Crippen molar-refractivity contribution in [2.45, 2.75) is 78.0 Å². The van der Waals surface area contributed by atoms with Crippen molar-refractivity contribution < 1.29 is 52.4 Å². The number of nitrogens with zero attached hydrogens (tertiary/aromatic N) is 1. The monoisotopic (exact) mass is 642 g/mol. The number of hydrogen-bond acceptors (Lipinski definition) is 12. The standard InChI is InChI=1S/C33H42N2O11/c1-6-7-8-12-17-42-33(40)46-28-25(41-5)15-16-34-26(28)29(36)35-24-19-43-31(38)23(18-22-13-10-9-11-14-22)27(21(4)44-32(24)39)45-30(37)20(2)3/h9-11,13-16,20-21,23-24,27H,6-8,12,17-19H2,1-5H3,(H,35,36)/t21-,23+,24-,27-/m0/s1. The Labute approximate surface area is 268 Å². The molecule has 0 saturated carbocycles. The lowest BCUT2D eigenvalue weighted by Crippen LogP contribution is -2.47. The fourth-order valence-corrected chi connectivity index (χ4v) is 4.63. The second-order valence-electron chi connectivity index (χ2n) is 11.1. The number of nitrogens with one attached hydrogen (secondary N) is 1. The predicted octanol–water partition coefficient (Wildman–Crippen LogP) is 4.20. The Kier molecular flexibility index (Phi) is 13.8. The molecule has 1 fully saturated rings. The molecule has 1 amide bonds. The number of cyclic esters (lactones) is 2. The summed E-state index contributed by atoms with van der Waals surface area (Å²) in [5.74, 6) is -5.07. The summed E-state index contributed by atoms with van der Waals surface area (Å²) in [5, 5.41) is 2.44. The Balaban J connectivity index is 1.82. The molecule has 1 N–H and O–H groups in total. The molecule has 0 spiro atoms. The summed E-state index contributed by atoms with van der Waals surface area (Å²) in [5.41, 5.74) is 0.383. The number of unbranched alkanes of at least 4 members (excludes halogenated alkanes) is 3. The molecule has 4 atom stereocenters. The van der Waals surface area contributed by atoms with Crippen molar-refractivity contribution in [3.8, 4) is 11.5 Å². The van der Waals surface area contributed by atoms with E-state index in [1.807, 2.05) is 18.2 Å². The maximum Gasteiger partial charge on any atom is 0.514 e. The first-order chi connectivity index (χ1) is 22.0. The van der Waals surface area contributed by atoms with Crippen LogP contribution < -0.4 is 14.8 Å². The Bertz CT molecular complexity index is 1350. The molecule has 13 heteroatoms. The number of esters is 3. The molecule has 1 aliphatic rings. The van der Waals surface area contributed by atoms with E-state index in [-0.39, 0.29) is 30.2 Å². The number of hydrogen-bond donors (Lipinski definition) is 1. The van der Waals surface area contributed by atoms with Crippen molar-refractivity contribution in [2.75, 3.05) is 20.3 Å². The summed E-state index contributed by atoms with van der Waals surface area (Å²) in [6, 6.07) is 8.94. The fourth-order valence-electron chi connectivity index (χ4n) is 4.63. The van der Waals surface area contributed by atoms with E-state index in [9.17, 15) is 24.0 Å². The van der Waals surface area contributed by atoms with Gasteiger partial charge < -0.3 is 33.7 Å². The van der Waals surface area contributed by atoms with Crippen LogP contribution in [0.15, 0.2) is 42.6 Å².